The average molecular weight is 357 g/mol. The Morgan fingerprint density at radius 3 is 3.09 bits per heavy atom. The SMILES string of the molecule is CS(=O)(=O)NCC1CCCN(C2=NCNc3cccc(Cl)c32)C1. The van der Waals surface area contributed by atoms with Crippen LogP contribution in [0, 0.1) is 5.92 Å². The molecule has 2 aliphatic heterocycles. The normalized spacial score (nSPS) is 21.4. The van der Waals surface area contributed by atoms with Crippen LogP contribution in [0.15, 0.2) is 23.2 Å². The summed E-state index contributed by atoms with van der Waals surface area (Å²) in [5, 5.41) is 3.92. The molecule has 2 aliphatic rings. The number of sulfonamides is 1. The van der Waals surface area contributed by atoms with Crippen molar-refractivity contribution >= 4 is 33.1 Å². The molecule has 6 nitrogen and oxygen atoms in total. The van der Waals surface area contributed by atoms with Gasteiger partial charge in [-0.15, -0.1) is 0 Å². The minimum absolute atomic E-state index is 0.280. The van der Waals surface area contributed by atoms with Crippen LogP contribution >= 0.6 is 11.6 Å². The number of benzene rings is 1. The third-order valence-corrected chi connectivity index (χ3v) is 5.19. The zero-order valence-electron chi connectivity index (χ0n) is 13.0. The Morgan fingerprint density at radius 1 is 1.48 bits per heavy atom. The van der Waals surface area contributed by atoms with E-state index >= 15 is 0 Å². The van der Waals surface area contributed by atoms with Gasteiger partial charge in [0.1, 0.15) is 12.5 Å². The summed E-state index contributed by atoms with van der Waals surface area (Å²) < 4.78 is 25.2. The molecule has 1 aromatic rings. The number of likely N-dealkylation sites (tertiary alicyclic amines) is 1. The largest absolute Gasteiger partial charge is 0.366 e. The predicted molar refractivity (Wildman–Crippen MR) is 93.6 cm³/mol. The number of amidine groups is 1. The van der Waals surface area contributed by atoms with E-state index in [1.807, 2.05) is 18.2 Å². The fourth-order valence-electron chi connectivity index (χ4n) is 3.13. The maximum Gasteiger partial charge on any atom is 0.208 e. The van der Waals surface area contributed by atoms with Crippen LogP contribution in [0.1, 0.15) is 18.4 Å². The van der Waals surface area contributed by atoms with E-state index in [2.05, 4.69) is 19.9 Å². The van der Waals surface area contributed by atoms with E-state index in [4.69, 9.17) is 11.6 Å². The van der Waals surface area contributed by atoms with Gasteiger partial charge in [0.2, 0.25) is 10.0 Å². The topological polar surface area (TPSA) is 73.8 Å². The van der Waals surface area contributed by atoms with Crippen LogP contribution in [-0.4, -0.2) is 51.7 Å². The minimum Gasteiger partial charge on any atom is -0.366 e. The van der Waals surface area contributed by atoms with Crippen molar-refractivity contribution in [3.05, 3.63) is 28.8 Å². The first-order valence-corrected chi connectivity index (χ1v) is 9.98. The zero-order valence-corrected chi connectivity index (χ0v) is 14.6. The lowest BCUT2D eigenvalue weighted by molar-refractivity contribution is 0.259. The van der Waals surface area contributed by atoms with Gasteiger partial charge in [0.15, 0.2) is 0 Å². The lowest BCUT2D eigenvalue weighted by Crippen LogP contribution is -2.45. The van der Waals surface area contributed by atoms with Crippen molar-refractivity contribution in [3.63, 3.8) is 0 Å². The van der Waals surface area contributed by atoms with Crippen LogP contribution in [0.25, 0.3) is 0 Å². The lowest BCUT2D eigenvalue weighted by atomic mass is 9.97. The van der Waals surface area contributed by atoms with E-state index in [0.717, 1.165) is 43.0 Å². The zero-order chi connectivity index (χ0) is 16.4. The monoisotopic (exact) mass is 356 g/mol. The summed E-state index contributed by atoms with van der Waals surface area (Å²) in [6, 6.07) is 5.80. The van der Waals surface area contributed by atoms with Crippen molar-refractivity contribution in [2.45, 2.75) is 12.8 Å². The van der Waals surface area contributed by atoms with Crippen LogP contribution < -0.4 is 10.0 Å². The van der Waals surface area contributed by atoms with Gasteiger partial charge in [0, 0.05) is 25.3 Å². The molecule has 2 heterocycles. The molecule has 0 spiro atoms. The number of hydrogen-bond acceptors (Lipinski definition) is 5. The van der Waals surface area contributed by atoms with Gasteiger partial charge in [-0.05, 0) is 30.9 Å². The molecule has 0 amide bonds. The molecule has 0 radical (unpaired) electrons. The van der Waals surface area contributed by atoms with Gasteiger partial charge >= 0.3 is 0 Å². The summed E-state index contributed by atoms with van der Waals surface area (Å²) in [4.78, 5) is 6.83. The van der Waals surface area contributed by atoms with Gasteiger partial charge in [0.05, 0.1) is 16.8 Å². The average Bonchev–Trinajstić information content (AvgIpc) is 2.52. The second-order valence-corrected chi connectivity index (χ2v) is 8.29. The van der Waals surface area contributed by atoms with E-state index in [1.54, 1.807) is 0 Å². The van der Waals surface area contributed by atoms with Gasteiger partial charge in [-0.1, -0.05) is 17.7 Å². The second kappa shape index (κ2) is 6.67. The van der Waals surface area contributed by atoms with Crippen LogP contribution in [0.5, 0.6) is 0 Å². The van der Waals surface area contributed by atoms with Gasteiger partial charge in [-0.25, -0.2) is 18.1 Å². The number of aliphatic imine (C=N–C) groups is 1. The predicted octanol–water partition coefficient (Wildman–Crippen LogP) is 1.73. The van der Waals surface area contributed by atoms with Crippen LogP contribution in [0.2, 0.25) is 5.02 Å². The summed E-state index contributed by atoms with van der Waals surface area (Å²) in [6.45, 7) is 2.70. The highest BCUT2D eigenvalue weighted by Gasteiger charge is 2.27. The fourth-order valence-corrected chi connectivity index (χ4v) is 3.93. The number of halogens is 1. The van der Waals surface area contributed by atoms with E-state index in [0.29, 0.717) is 18.2 Å². The third kappa shape index (κ3) is 3.97. The van der Waals surface area contributed by atoms with Crippen molar-refractivity contribution in [3.8, 4) is 0 Å². The molecule has 0 saturated carbocycles. The Bertz CT molecular complexity index is 720. The van der Waals surface area contributed by atoms with Crippen molar-refractivity contribution < 1.29 is 8.42 Å². The fraction of sp³-hybridized carbons (Fsp3) is 0.533. The van der Waals surface area contributed by atoms with Crippen molar-refractivity contribution in [1.82, 2.24) is 9.62 Å². The summed E-state index contributed by atoms with van der Waals surface area (Å²) in [5.41, 5.74) is 1.94. The third-order valence-electron chi connectivity index (χ3n) is 4.19. The molecule has 1 aromatic carbocycles. The Balaban J connectivity index is 1.76. The quantitative estimate of drug-likeness (QED) is 0.865. The first-order chi connectivity index (χ1) is 10.9. The molecule has 0 aromatic heterocycles. The molecule has 3 rings (SSSR count). The Morgan fingerprint density at radius 2 is 2.30 bits per heavy atom. The second-order valence-electron chi connectivity index (χ2n) is 6.05. The molecule has 23 heavy (non-hydrogen) atoms. The maximum absolute atomic E-state index is 11.3. The lowest BCUT2D eigenvalue weighted by Gasteiger charge is -2.37. The number of fused-ring (bicyclic) bond motifs is 1. The van der Waals surface area contributed by atoms with Crippen molar-refractivity contribution in [1.29, 1.82) is 0 Å². The molecule has 2 N–H and O–H groups in total. The summed E-state index contributed by atoms with van der Waals surface area (Å²) in [7, 11) is -3.15. The van der Waals surface area contributed by atoms with E-state index in [1.165, 1.54) is 6.26 Å². The summed E-state index contributed by atoms with van der Waals surface area (Å²) in [5.74, 6) is 1.19. The Hall–Kier alpha value is -1.31. The van der Waals surface area contributed by atoms with Crippen molar-refractivity contribution in [2.24, 2.45) is 10.9 Å². The molecule has 1 fully saturated rings. The highest BCUT2D eigenvalue weighted by molar-refractivity contribution is 7.88. The van der Waals surface area contributed by atoms with Crippen LogP contribution in [0.3, 0.4) is 0 Å². The summed E-state index contributed by atoms with van der Waals surface area (Å²) in [6.07, 6.45) is 3.22. The molecular formula is C15H21ClN4O2S. The standard InChI is InChI=1S/C15H21ClN4O2S/c1-23(21,22)19-8-11-4-3-7-20(9-11)15-14-12(16)5-2-6-13(14)17-10-18-15/h2,5-6,11,17,19H,3-4,7-10H2,1H3. The molecule has 1 unspecified atom stereocenters. The maximum atomic E-state index is 11.3. The molecule has 8 heteroatoms. The molecule has 1 saturated heterocycles. The highest BCUT2D eigenvalue weighted by Crippen LogP contribution is 2.30. The van der Waals surface area contributed by atoms with Crippen LogP contribution in [-0.2, 0) is 10.0 Å². The smallest absolute Gasteiger partial charge is 0.208 e. The van der Waals surface area contributed by atoms with Crippen molar-refractivity contribution in [2.75, 3.05) is 37.9 Å². The minimum atomic E-state index is -3.15. The Labute approximate surface area is 142 Å². The van der Waals surface area contributed by atoms with E-state index in [9.17, 15) is 8.42 Å². The van der Waals surface area contributed by atoms with Gasteiger partial charge in [0.25, 0.3) is 0 Å². The highest BCUT2D eigenvalue weighted by atomic mass is 35.5. The number of rotatable bonds is 3. The number of nitrogens with one attached hydrogen (secondary N) is 2. The number of nitrogens with zero attached hydrogens (tertiary/aromatic N) is 2. The van der Waals surface area contributed by atoms with Crippen LogP contribution in [0.4, 0.5) is 5.69 Å². The first kappa shape index (κ1) is 16.5. The Kier molecular flexibility index (Phi) is 4.79. The van der Waals surface area contributed by atoms with Gasteiger partial charge < -0.3 is 10.2 Å². The molecule has 1 atom stereocenters. The summed E-state index contributed by atoms with van der Waals surface area (Å²) >= 11 is 6.37. The molecule has 0 aliphatic carbocycles. The molecular weight excluding hydrogens is 336 g/mol. The molecule has 0 bridgehead atoms. The van der Waals surface area contributed by atoms with E-state index < -0.39 is 10.0 Å². The first-order valence-electron chi connectivity index (χ1n) is 7.71. The number of anilines is 1. The number of hydrogen-bond donors (Lipinski definition) is 2. The number of piperidine rings is 1. The molecule has 126 valence electrons. The van der Waals surface area contributed by atoms with Gasteiger partial charge in [-0.3, -0.25) is 0 Å². The van der Waals surface area contributed by atoms with Gasteiger partial charge in [-0.2, -0.15) is 0 Å². The van der Waals surface area contributed by atoms with E-state index in [-0.39, 0.29) is 5.92 Å².